The molecule has 0 saturated heterocycles. The maximum absolute atomic E-state index is 12.5. The molecule has 0 radical (unpaired) electrons. The van der Waals surface area contributed by atoms with Gasteiger partial charge in [0.15, 0.2) is 11.5 Å². The van der Waals surface area contributed by atoms with Gasteiger partial charge in [-0.05, 0) is 61.9 Å². The van der Waals surface area contributed by atoms with Crippen LogP contribution in [0.15, 0.2) is 66.7 Å². The molecule has 3 aromatic rings. The van der Waals surface area contributed by atoms with Crippen molar-refractivity contribution in [2.75, 3.05) is 11.9 Å². The number of halogens is 1. The van der Waals surface area contributed by atoms with Crippen LogP contribution in [-0.2, 0) is 6.61 Å². The Morgan fingerprint density at radius 3 is 2.32 bits per heavy atom. The number of carbonyl (C=O) groups is 1. The molecule has 0 unspecified atom stereocenters. The van der Waals surface area contributed by atoms with Crippen molar-refractivity contribution in [2.45, 2.75) is 20.5 Å². The predicted octanol–water partition coefficient (Wildman–Crippen LogP) is 5.88. The van der Waals surface area contributed by atoms with E-state index in [1.165, 1.54) is 5.56 Å². The number of hydrogen-bond donors (Lipinski definition) is 1. The van der Waals surface area contributed by atoms with Gasteiger partial charge in [-0.25, -0.2) is 0 Å². The molecule has 0 fully saturated rings. The van der Waals surface area contributed by atoms with Gasteiger partial charge in [0.1, 0.15) is 6.61 Å². The van der Waals surface area contributed by atoms with E-state index in [4.69, 9.17) is 21.1 Å². The molecule has 3 rings (SSSR count). The second-order valence-electron chi connectivity index (χ2n) is 6.33. The summed E-state index contributed by atoms with van der Waals surface area (Å²) in [6.45, 7) is 4.84. The minimum absolute atomic E-state index is 0.228. The van der Waals surface area contributed by atoms with Gasteiger partial charge in [0.25, 0.3) is 5.91 Å². The van der Waals surface area contributed by atoms with Crippen LogP contribution in [0, 0.1) is 6.92 Å². The average Bonchev–Trinajstić information content (AvgIpc) is 2.70. The van der Waals surface area contributed by atoms with Gasteiger partial charge in [0, 0.05) is 16.3 Å². The van der Waals surface area contributed by atoms with E-state index in [9.17, 15) is 4.79 Å². The van der Waals surface area contributed by atoms with Crippen LogP contribution in [0.1, 0.15) is 28.4 Å². The van der Waals surface area contributed by atoms with Crippen molar-refractivity contribution >= 4 is 23.2 Å². The van der Waals surface area contributed by atoms with Crippen molar-refractivity contribution < 1.29 is 14.3 Å². The third-order valence-corrected chi connectivity index (χ3v) is 4.37. The monoisotopic (exact) mass is 395 g/mol. The summed E-state index contributed by atoms with van der Waals surface area (Å²) in [5.74, 6) is 0.914. The summed E-state index contributed by atoms with van der Waals surface area (Å²) in [4.78, 5) is 12.5. The van der Waals surface area contributed by atoms with Crippen molar-refractivity contribution in [1.29, 1.82) is 0 Å². The number of hydrogen-bond acceptors (Lipinski definition) is 3. The van der Waals surface area contributed by atoms with Gasteiger partial charge in [-0.1, -0.05) is 41.4 Å². The van der Waals surface area contributed by atoms with E-state index in [1.807, 2.05) is 38.1 Å². The smallest absolute Gasteiger partial charge is 0.255 e. The van der Waals surface area contributed by atoms with E-state index in [2.05, 4.69) is 5.32 Å². The quantitative estimate of drug-likeness (QED) is 0.543. The molecule has 0 spiro atoms. The average molecular weight is 396 g/mol. The first-order valence-corrected chi connectivity index (χ1v) is 9.45. The fourth-order valence-electron chi connectivity index (χ4n) is 2.62. The molecule has 0 saturated carbocycles. The zero-order chi connectivity index (χ0) is 19.9. The standard InChI is InChI=1S/C23H22ClNO3/c1-3-27-22-14-18(23(26)25-20-11-9-19(24)10-12-20)8-13-21(22)28-15-17-6-4-16(2)5-7-17/h4-14H,3,15H2,1-2H3,(H,25,26). The molecule has 3 aromatic carbocycles. The van der Waals surface area contributed by atoms with Crippen LogP contribution in [0.2, 0.25) is 5.02 Å². The fraction of sp³-hybridized carbons (Fsp3) is 0.174. The number of nitrogens with one attached hydrogen (secondary N) is 1. The highest BCUT2D eigenvalue weighted by Gasteiger charge is 2.12. The summed E-state index contributed by atoms with van der Waals surface area (Å²) in [5, 5.41) is 3.46. The molecule has 28 heavy (non-hydrogen) atoms. The molecular weight excluding hydrogens is 374 g/mol. The van der Waals surface area contributed by atoms with Crippen molar-refractivity contribution in [2.24, 2.45) is 0 Å². The van der Waals surface area contributed by atoms with Crippen molar-refractivity contribution in [3.63, 3.8) is 0 Å². The Balaban J connectivity index is 1.73. The SMILES string of the molecule is CCOc1cc(C(=O)Nc2ccc(Cl)cc2)ccc1OCc1ccc(C)cc1. The van der Waals surface area contributed by atoms with Crippen molar-refractivity contribution in [3.8, 4) is 11.5 Å². The maximum Gasteiger partial charge on any atom is 0.255 e. The van der Waals surface area contributed by atoms with Crippen LogP contribution in [0.4, 0.5) is 5.69 Å². The molecule has 0 atom stereocenters. The molecule has 144 valence electrons. The first-order valence-electron chi connectivity index (χ1n) is 9.07. The summed E-state index contributed by atoms with van der Waals surface area (Å²) >= 11 is 5.88. The van der Waals surface area contributed by atoms with Gasteiger partial charge in [-0.3, -0.25) is 4.79 Å². The van der Waals surface area contributed by atoms with Crippen LogP contribution in [-0.4, -0.2) is 12.5 Å². The lowest BCUT2D eigenvalue weighted by Gasteiger charge is -2.14. The van der Waals surface area contributed by atoms with E-state index >= 15 is 0 Å². The zero-order valence-corrected chi connectivity index (χ0v) is 16.6. The molecule has 0 heterocycles. The van der Waals surface area contributed by atoms with Gasteiger partial charge >= 0.3 is 0 Å². The molecule has 5 heteroatoms. The van der Waals surface area contributed by atoms with Crippen LogP contribution < -0.4 is 14.8 Å². The second-order valence-corrected chi connectivity index (χ2v) is 6.77. The second kappa shape index (κ2) is 9.29. The van der Waals surface area contributed by atoms with E-state index in [0.29, 0.717) is 41.0 Å². The van der Waals surface area contributed by atoms with E-state index in [1.54, 1.807) is 42.5 Å². The third-order valence-electron chi connectivity index (χ3n) is 4.12. The van der Waals surface area contributed by atoms with Gasteiger partial charge < -0.3 is 14.8 Å². The number of rotatable bonds is 7. The topological polar surface area (TPSA) is 47.6 Å². The number of amides is 1. The van der Waals surface area contributed by atoms with E-state index in [-0.39, 0.29) is 5.91 Å². The minimum Gasteiger partial charge on any atom is -0.490 e. The Morgan fingerprint density at radius 1 is 0.929 bits per heavy atom. The summed E-state index contributed by atoms with van der Waals surface area (Å²) in [6, 6.07) is 20.3. The Kier molecular flexibility index (Phi) is 6.56. The summed E-state index contributed by atoms with van der Waals surface area (Å²) in [6.07, 6.45) is 0. The highest BCUT2D eigenvalue weighted by Crippen LogP contribution is 2.30. The summed E-state index contributed by atoms with van der Waals surface area (Å²) in [5.41, 5.74) is 3.43. The van der Waals surface area contributed by atoms with Crippen LogP contribution in [0.25, 0.3) is 0 Å². The fourth-order valence-corrected chi connectivity index (χ4v) is 2.74. The number of ether oxygens (including phenoxy) is 2. The molecule has 1 N–H and O–H groups in total. The Hall–Kier alpha value is -2.98. The largest absolute Gasteiger partial charge is 0.490 e. The molecule has 4 nitrogen and oxygen atoms in total. The first-order chi connectivity index (χ1) is 13.5. The van der Waals surface area contributed by atoms with Crippen LogP contribution in [0.5, 0.6) is 11.5 Å². The predicted molar refractivity (Wildman–Crippen MR) is 113 cm³/mol. The van der Waals surface area contributed by atoms with Gasteiger partial charge in [0.2, 0.25) is 0 Å². The molecular formula is C23H22ClNO3. The zero-order valence-electron chi connectivity index (χ0n) is 15.9. The number of aryl methyl sites for hydroxylation is 1. The molecule has 0 aliphatic rings. The van der Waals surface area contributed by atoms with Gasteiger partial charge in [0.05, 0.1) is 6.61 Å². The lowest BCUT2D eigenvalue weighted by Crippen LogP contribution is -2.12. The van der Waals surface area contributed by atoms with Crippen molar-refractivity contribution in [3.05, 3.63) is 88.4 Å². The molecule has 1 amide bonds. The molecule has 0 aliphatic heterocycles. The maximum atomic E-state index is 12.5. The molecule has 0 aromatic heterocycles. The molecule has 0 bridgehead atoms. The van der Waals surface area contributed by atoms with Gasteiger partial charge in [-0.2, -0.15) is 0 Å². The van der Waals surface area contributed by atoms with E-state index < -0.39 is 0 Å². The highest BCUT2D eigenvalue weighted by molar-refractivity contribution is 6.30. The minimum atomic E-state index is -0.228. The molecule has 0 aliphatic carbocycles. The highest BCUT2D eigenvalue weighted by atomic mass is 35.5. The first kappa shape index (κ1) is 19.8. The lowest BCUT2D eigenvalue weighted by atomic mass is 10.1. The summed E-state index contributed by atoms with van der Waals surface area (Å²) in [7, 11) is 0. The normalized spacial score (nSPS) is 10.4. The van der Waals surface area contributed by atoms with Crippen molar-refractivity contribution in [1.82, 2.24) is 0 Å². The summed E-state index contributed by atoms with van der Waals surface area (Å²) < 4.78 is 11.6. The number of carbonyl (C=O) groups excluding carboxylic acids is 1. The van der Waals surface area contributed by atoms with E-state index in [0.717, 1.165) is 5.56 Å². The Bertz CT molecular complexity index is 937. The van der Waals surface area contributed by atoms with Gasteiger partial charge in [-0.15, -0.1) is 0 Å². The lowest BCUT2D eigenvalue weighted by molar-refractivity contribution is 0.102. The third kappa shape index (κ3) is 5.27. The number of anilines is 1. The number of benzene rings is 3. The van der Waals surface area contributed by atoms with Crippen LogP contribution in [0.3, 0.4) is 0 Å². The Labute approximate surface area is 170 Å². The Morgan fingerprint density at radius 2 is 1.64 bits per heavy atom. The van der Waals surface area contributed by atoms with Crippen LogP contribution >= 0.6 is 11.6 Å².